The van der Waals surface area contributed by atoms with E-state index in [-0.39, 0.29) is 23.3 Å². The lowest BCUT2D eigenvalue weighted by atomic mass is 10.1. The number of ketones is 1. The summed E-state index contributed by atoms with van der Waals surface area (Å²) < 4.78 is 1.90. The van der Waals surface area contributed by atoms with Crippen LogP contribution in [0.2, 0.25) is 0 Å². The van der Waals surface area contributed by atoms with Crippen LogP contribution in [0.15, 0.2) is 30.7 Å². The largest absolute Gasteiger partial charge is 0.384 e. The van der Waals surface area contributed by atoms with Crippen LogP contribution in [0.1, 0.15) is 35.9 Å². The molecule has 0 unspecified atom stereocenters. The number of hydrogen-bond acceptors (Lipinski definition) is 6. The van der Waals surface area contributed by atoms with E-state index in [0.29, 0.717) is 22.4 Å². The summed E-state index contributed by atoms with van der Waals surface area (Å²) in [5, 5.41) is 0.547. The minimum atomic E-state index is -0.252. The third kappa shape index (κ3) is 2.16. The molecule has 0 amide bonds. The average molecular weight is 296 g/mol. The van der Waals surface area contributed by atoms with Gasteiger partial charge in [0.1, 0.15) is 29.3 Å². The van der Waals surface area contributed by atoms with Crippen molar-refractivity contribution < 1.29 is 4.79 Å². The van der Waals surface area contributed by atoms with E-state index in [4.69, 9.17) is 11.5 Å². The van der Waals surface area contributed by atoms with Gasteiger partial charge in [0.25, 0.3) is 0 Å². The Labute approximate surface area is 127 Å². The molecule has 7 nitrogen and oxygen atoms in total. The first kappa shape index (κ1) is 14.0. The molecule has 0 spiro atoms. The fourth-order valence-corrected chi connectivity index (χ4v) is 2.39. The lowest BCUT2D eigenvalue weighted by Gasteiger charge is -2.07. The molecule has 0 fully saturated rings. The highest BCUT2D eigenvalue weighted by Crippen LogP contribution is 2.28. The number of pyridine rings is 1. The van der Waals surface area contributed by atoms with E-state index in [1.54, 1.807) is 24.4 Å². The maximum absolute atomic E-state index is 12.8. The average Bonchev–Trinajstić information content (AvgIpc) is 2.87. The first-order chi connectivity index (χ1) is 10.5. The van der Waals surface area contributed by atoms with Crippen LogP contribution in [0, 0.1) is 0 Å². The van der Waals surface area contributed by atoms with Crippen LogP contribution in [0.4, 0.5) is 11.6 Å². The van der Waals surface area contributed by atoms with E-state index in [1.165, 1.54) is 6.33 Å². The number of carbonyl (C=O) groups is 1. The number of nitrogens with zero attached hydrogens (tertiary/aromatic N) is 4. The molecule has 3 heterocycles. The van der Waals surface area contributed by atoms with Crippen LogP contribution in [0.25, 0.3) is 11.0 Å². The molecule has 7 heteroatoms. The second-order valence-corrected chi connectivity index (χ2v) is 5.28. The van der Waals surface area contributed by atoms with Gasteiger partial charge in [0.2, 0.25) is 5.78 Å². The van der Waals surface area contributed by atoms with Gasteiger partial charge in [-0.1, -0.05) is 6.07 Å². The molecule has 3 aromatic heterocycles. The summed E-state index contributed by atoms with van der Waals surface area (Å²) in [6.45, 7) is 4.01. The second-order valence-electron chi connectivity index (χ2n) is 5.28. The number of hydrogen-bond donors (Lipinski definition) is 2. The zero-order chi connectivity index (χ0) is 15.9. The van der Waals surface area contributed by atoms with Gasteiger partial charge in [0.05, 0.1) is 10.9 Å². The van der Waals surface area contributed by atoms with E-state index >= 15 is 0 Å². The van der Waals surface area contributed by atoms with Gasteiger partial charge in [0.15, 0.2) is 0 Å². The fourth-order valence-electron chi connectivity index (χ4n) is 2.39. The second kappa shape index (κ2) is 5.10. The molecule has 22 heavy (non-hydrogen) atoms. The monoisotopic (exact) mass is 296 g/mol. The number of rotatable bonds is 3. The predicted octanol–water partition coefficient (Wildman–Crippen LogP) is 1.80. The minimum absolute atomic E-state index is 0.132. The topological polar surface area (TPSA) is 113 Å². The molecular formula is C15H16N6O. The Morgan fingerprint density at radius 1 is 1.23 bits per heavy atom. The molecule has 0 aliphatic heterocycles. The van der Waals surface area contributed by atoms with Gasteiger partial charge in [0, 0.05) is 12.2 Å². The fraction of sp³-hybridized carbons (Fsp3) is 0.200. The number of carbonyl (C=O) groups excluding carboxylic acids is 1. The van der Waals surface area contributed by atoms with Crippen molar-refractivity contribution in [2.45, 2.75) is 19.9 Å². The summed E-state index contributed by atoms with van der Waals surface area (Å²) in [6, 6.07) is 5.08. The molecule has 112 valence electrons. The van der Waals surface area contributed by atoms with Crippen molar-refractivity contribution in [2.75, 3.05) is 11.5 Å². The third-order valence-corrected chi connectivity index (χ3v) is 3.44. The maximum atomic E-state index is 12.8. The summed E-state index contributed by atoms with van der Waals surface area (Å²) in [5.74, 6) is 0.317. The molecule has 0 aromatic carbocycles. The normalized spacial score (nSPS) is 11.2. The van der Waals surface area contributed by atoms with Crippen molar-refractivity contribution in [3.8, 4) is 0 Å². The lowest BCUT2D eigenvalue weighted by molar-refractivity contribution is 0.103. The summed E-state index contributed by atoms with van der Waals surface area (Å²) in [4.78, 5) is 25.1. The summed E-state index contributed by atoms with van der Waals surface area (Å²) in [5.41, 5.74) is 12.9. The van der Waals surface area contributed by atoms with Crippen molar-refractivity contribution in [3.05, 3.63) is 42.0 Å². The minimum Gasteiger partial charge on any atom is -0.384 e. The standard InChI is InChI=1S/C15H16N6O/c1-8(2)21-6-9(12-14(17)18-7-19-15(12)21)13(22)10-4-3-5-11(16)20-10/h3-8H,1-2H3,(H2,16,20)(H2,17,18,19). The first-order valence-corrected chi connectivity index (χ1v) is 6.87. The lowest BCUT2D eigenvalue weighted by Crippen LogP contribution is -2.06. The Morgan fingerprint density at radius 2 is 2.00 bits per heavy atom. The Balaban J connectivity index is 2.25. The van der Waals surface area contributed by atoms with Gasteiger partial charge in [-0.15, -0.1) is 0 Å². The highest BCUT2D eigenvalue weighted by Gasteiger charge is 2.22. The Bertz CT molecular complexity index is 868. The van der Waals surface area contributed by atoms with Crippen LogP contribution >= 0.6 is 0 Å². The Hall–Kier alpha value is -2.96. The van der Waals surface area contributed by atoms with E-state index in [2.05, 4.69) is 15.0 Å². The van der Waals surface area contributed by atoms with E-state index < -0.39 is 0 Å². The van der Waals surface area contributed by atoms with Crippen LogP contribution in [0.5, 0.6) is 0 Å². The van der Waals surface area contributed by atoms with Crippen molar-refractivity contribution in [3.63, 3.8) is 0 Å². The van der Waals surface area contributed by atoms with Crippen molar-refractivity contribution in [1.82, 2.24) is 19.5 Å². The highest BCUT2D eigenvalue weighted by molar-refractivity contribution is 6.17. The third-order valence-electron chi connectivity index (χ3n) is 3.44. The van der Waals surface area contributed by atoms with Crippen molar-refractivity contribution in [1.29, 1.82) is 0 Å². The van der Waals surface area contributed by atoms with Crippen LogP contribution < -0.4 is 11.5 Å². The zero-order valence-corrected chi connectivity index (χ0v) is 12.3. The molecule has 0 atom stereocenters. The van der Waals surface area contributed by atoms with Crippen molar-refractivity contribution >= 4 is 28.5 Å². The van der Waals surface area contributed by atoms with Gasteiger partial charge in [-0.3, -0.25) is 4.79 Å². The smallest absolute Gasteiger partial charge is 0.213 e. The van der Waals surface area contributed by atoms with E-state index in [9.17, 15) is 4.79 Å². The van der Waals surface area contributed by atoms with E-state index in [0.717, 1.165) is 0 Å². The highest BCUT2D eigenvalue weighted by atomic mass is 16.1. The molecule has 0 bridgehead atoms. The number of aromatic nitrogens is 4. The zero-order valence-electron chi connectivity index (χ0n) is 12.3. The van der Waals surface area contributed by atoms with Crippen molar-refractivity contribution in [2.24, 2.45) is 0 Å². The quantitative estimate of drug-likeness (QED) is 0.713. The van der Waals surface area contributed by atoms with Crippen LogP contribution in [-0.4, -0.2) is 25.3 Å². The Morgan fingerprint density at radius 3 is 2.68 bits per heavy atom. The van der Waals surface area contributed by atoms with Gasteiger partial charge in [-0.2, -0.15) is 0 Å². The van der Waals surface area contributed by atoms with Gasteiger partial charge < -0.3 is 16.0 Å². The molecule has 0 radical (unpaired) electrons. The molecule has 3 aromatic rings. The molecule has 0 saturated carbocycles. The first-order valence-electron chi connectivity index (χ1n) is 6.87. The summed E-state index contributed by atoms with van der Waals surface area (Å²) in [6.07, 6.45) is 3.14. The van der Waals surface area contributed by atoms with E-state index in [1.807, 2.05) is 18.4 Å². The number of nitrogen functional groups attached to an aromatic ring is 2. The molecule has 0 aliphatic carbocycles. The van der Waals surface area contributed by atoms with Crippen LogP contribution in [0.3, 0.4) is 0 Å². The maximum Gasteiger partial charge on any atom is 0.213 e. The predicted molar refractivity (Wildman–Crippen MR) is 84.4 cm³/mol. The Kier molecular flexibility index (Phi) is 3.25. The molecule has 4 N–H and O–H groups in total. The number of nitrogens with two attached hydrogens (primary N) is 2. The molecule has 0 saturated heterocycles. The summed E-state index contributed by atoms with van der Waals surface area (Å²) in [7, 11) is 0. The number of anilines is 2. The number of fused-ring (bicyclic) bond motifs is 1. The molecular weight excluding hydrogens is 280 g/mol. The SMILES string of the molecule is CC(C)n1cc(C(=O)c2cccc(N)n2)c2c(N)ncnc21. The van der Waals surface area contributed by atoms with Gasteiger partial charge in [-0.05, 0) is 26.0 Å². The van der Waals surface area contributed by atoms with Gasteiger partial charge >= 0.3 is 0 Å². The van der Waals surface area contributed by atoms with Gasteiger partial charge in [-0.25, -0.2) is 15.0 Å². The van der Waals surface area contributed by atoms with Crippen LogP contribution in [-0.2, 0) is 0 Å². The summed E-state index contributed by atoms with van der Waals surface area (Å²) >= 11 is 0. The molecule has 3 rings (SSSR count). The molecule has 0 aliphatic rings.